The third-order valence-electron chi connectivity index (χ3n) is 2.84. The molecule has 1 aliphatic carbocycles. The van der Waals surface area contributed by atoms with E-state index in [-0.39, 0.29) is 0 Å². The Labute approximate surface area is 61.0 Å². The van der Waals surface area contributed by atoms with Crippen molar-refractivity contribution in [1.29, 1.82) is 0 Å². The van der Waals surface area contributed by atoms with Crippen LogP contribution in [0.2, 0.25) is 0 Å². The highest BCUT2D eigenvalue weighted by molar-refractivity contribution is 5.82. The van der Waals surface area contributed by atoms with Gasteiger partial charge in [0.1, 0.15) is 5.78 Å². The summed E-state index contributed by atoms with van der Waals surface area (Å²) in [6.45, 7) is 3.92. The number of nitrogens with one attached hydrogen (secondary N) is 1. The first kappa shape index (κ1) is 6.35. The summed E-state index contributed by atoms with van der Waals surface area (Å²) in [6.07, 6.45) is 1.22. The largest absolute Gasteiger partial charge is 0.316 e. The molecule has 0 aromatic carbocycles. The Morgan fingerprint density at radius 3 is 2.80 bits per heavy atom. The lowest BCUT2D eigenvalue weighted by molar-refractivity contribution is -0.118. The van der Waals surface area contributed by atoms with Crippen LogP contribution in [0.1, 0.15) is 13.3 Å². The third kappa shape index (κ3) is 0.788. The van der Waals surface area contributed by atoms with Gasteiger partial charge in [-0.2, -0.15) is 0 Å². The molecule has 2 fully saturated rings. The van der Waals surface area contributed by atoms with Crippen LogP contribution >= 0.6 is 0 Å². The molecule has 0 bridgehead atoms. The van der Waals surface area contributed by atoms with E-state index in [2.05, 4.69) is 5.32 Å². The van der Waals surface area contributed by atoms with E-state index in [1.807, 2.05) is 0 Å². The molecular weight excluding hydrogens is 126 g/mol. The number of Topliss-reactive ketones (excluding diaryl/α,β-unsaturated/α-hetero) is 1. The minimum absolute atomic E-state index is 0.402. The van der Waals surface area contributed by atoms with E-state index in [0.29, 0.717) is 17.6 Å². The maximum atomic E-state index is 10.9. The zero-order valence-electron chi connectivity index (χ0n) is 6.26. The second-order valence-electron chi connectivity index (χ2n) is 3.46. The van der Waals surface area contributed by atoms with Gasteiger partial charge in [-0.15, -0.1) is 0 Å². The smallest absolute Gasteiger partial charge is 0.133 e. The molecular formula is C8H13NO. The second kappa shape index (κ2) is 2.06. The quantitative estimate of drug-likeness (QED) is 0.571. The highest BCUT2D eigenvalue weighted by Crippen LogP contribution is 2.49. The van der Waals surface area contributed by atoms with Crippen LogP contribution in [0.15, 0.2) is 0 Å². The Balaban J connectivity index is 1.99. The summed E-state index contributed by atoms with van der Waals surface area (Å²) in [5.41, 5.74) is 0. The van der Waals surface area contributed by atoms with Gasteiger partial charge in [0.25, 0.3) is 0 Å². The van der Waals surface area contributed by atoms with Crippen LogP contribution < -0.4 is 5.32 Å². The van der Waals surface area contributed by atoms with Crippen LogP contribution in [0.25, 0.3) is 0 Å². The molecule has 1 saturated heterocycles. The number of ketones is 1. The number of carbonyl (C=O) groups excluding carboxylic acids is 1. The summed E-state index contributed by atoms with van der Waals surface area (Å²) < 4.78 is 0. The maximum Gasteiger partial charge on any atom is 0.133 e. The SMILES string of the molecule is CC(=O)C1C2CCNCC21. The minimum Gasteiger partial charge on any atom is -0.316 e. The summed E-state index contributed by atoms with van der Waals surface area (Å²) in [5.74, 6) is 2.28. The van der Waals surface area contributed by atoms with Gasteiger partial charge in [-0.1, -0.05) is 0 Å². The van der Waals surface area contributed by atoms with Crippen molar-refractivity contribution in [3.63, 3.8) is 0 Å². The van der Waals surface area contributed by atoms with Crippen molar-refractivity contribution in [2.24, 2.45) is 17.8 Å². The topological polar surface area (TPSA) is 29.1 Å². The van der Waals surface area contributed by atoms with Gasteiger partial charge in [0, 0.05) is 5.92 Å². The standard InChI is InChI=1S/C8H13NO/c1-5(10)8-6-2-3-9-4-7(6)8/h6-9H,2-4H2,1H3. The van der Waals surface area contributed by atoms with E-state index in [1.165, 1.54) is 6.42 Å². The van der Waals surface area contributed by atoms with Gasteiger partial charge < -0.3 is 5.32 Å². The van der Waals surface area contributed by atoms with E-state index in [1.54, 1.807) is 6.92 Å². The van der Waals surface area contributed by atoms with E-state index >= 15 is 0 Å². The summed E-state index contributed by atoms with van der Waals surface area (Å²) in [6, 6.07) is 0. The van der Waals surface area contributed by atoms with Gasteiger partial charge in [0.15, 0.2) is 0 Å². The number of rotatable bonds is 1. The van der Waals surface area contributed by atoms with Crippen molar-refractivity contribution in [3.8, 4) is 0 Å². The molecule has 0 aromatic heterocycles. The van der Waals surface area contributed by atoms with Gasteiger partial charge in [-0.25, -0.2) is 0 Å². The lowest BCUT2D eigenvalue weighted by Crippen LogP contribution is -2.23. The molecule has 3 unspecified atom stereocenters. The van der Waals surface area contributed by atoms with Crippen LogP contribution in [0.4, 0.5) is 0 Å². The minimum atomic E-state index is 0.402. The zero-order chi connectivity index (χ0) is 7.14. The lowest BCUT2D eigenvalue weighted by Gasteiger charge is -2.07. The van der Waals surface area contributed by atoms with Gasteiger partial charge in [0.2, 0.25) is 0 Å². The Morgan fingerprint density at radius 2 is 2.30 bits per heavy atom. The Morgan fingerprint density at radius 1 is 1.50 bits per heavy atom. The van der Waals surface area contributed by atoms with E-state index in [0.717, 1.165) is 19.0 Å². The molecule has 3 atom stereocenters. The Kier molecular flexibility index (Phi) is 1.31. The van der Waals surface area contributed by atoms with Crippen molar-refractivity contribution in [2.75, 3.05) is 13.1 Å². The molecule has 0 aromatic rings. The fourth-order valence-electron chi connectivity index (χ4n) is 2.26. The molecule has 56 valence electrons. The summed E-state index contributed by atoms with van der Waals surface area (Å²) in [7, 11) is 0. The highest BCUT2D eigenvalue weighted by atomic mass is 16.1. The molecule has 2 aliphatic rings. The van der Waals surface area contributed by atoms with Crippen molar-refractivity contribution in [1.82, 2.24) is 5.32 Å². The average Bonchev–Trinajstić information content (AvgIpc) is 2.60. The summed E-state index contributed by atoms with van der Waals surface area (Å²) in [4.78, 5) is 10.9. The predicted molar refractivity (Wildman–Crippen MR) is 38.6 cm³/mol. The maximum absolute atomic E-state index is 10.9. The van der Waals surface area contributed by atoms with Crippen LogP contribution in [-0.2, 0) is 4.79 Å². The average molecular weight is 139 g/mol. The highest BCUT2D eigenvalue weighted by Gasteiger charge is 2.53. The number of hydrogen-bond acceptors (Lipinski definition) is 2. The van der Waals surface area contributed by atoms with Crippen molar-refractivity contribution < 1.29 is 4.79 Å². The van der Waals surface area contributed by atoms with Gasteiger partial charge >= 0.3 is 0 Å². The molecule has 0 radical (unpaired) electrons. The van der Waals surface area contributed by atoms with Crippen molar-refractivity contribution in [2.45, 2.75) is 13.3 Å². The molecule has 2 rings (SSSR count). The first-order chi connectivity index (χ1) is 4.80. The fourth-order valence-corrected chi connectivity index (χ4v) is 2.26. The predicted octanol–water partition coefficient (Wildman–Crippen LogP) is 0.431. The summed E-state index contributed by atoms with van der Waals surface area (Å²) in [5, 5.41) is 3.31. The van der Waals surface area contributed by atoms with Crippen molar-refractivity contribution >= 4 is 5.78 Å². The molecule has 0 spiro atoms. The first-order valence-electron chi connectivity index (χ1n) is 4.02. The van der Waals surface area contributed by atoms with Crippen LogP contribution in [0.3, 0.4) is 0 Å². The molecule has 10 heavy (non-hydrogen) atoms. The number of piperidine rings is 1. The Bertz CT molecular complexity index is 155. The molecule has 1 heterocycles. The molecule has 0 amide bonds. The fraction of sp³-hybridized carbons (Fsp3) is 0.875. The van der Waals surface area contributed by atoms with Crippen LogP contribution in [0.5, 0.6) is 0 Å². The molecule has 1 saturated carbocycles. The van der Waals surface area contributed by atoms with Crippen LogP contribution in [-0.4, -0.2) is 18.9 Å². The van der Waals surface area contributed by atoms with Crippen molar-refractivity contribution in [3.05, 3.63) is 0 Å². The normalized spacial score (nSPS) is 44.3. The number of hydrogen-bond donors (Lipinski definition) is 1. The third-order valence-corrected chi connectivity index (χ3v) is 2.84. The molecule has 2 nitrogen and oxygen atoms in total. The summed E-state index contributed by atoms with van der Waals surface area (Å²) >= 11 is 0. The number of fused-ring (bicyclic) bond motifs is 1. The monoisotopic (exact) mass is 139 g/mol. The number of carbonyl (C=O) groups is 1. The first-order valence-corrected chi connectivity index (χ1v) is 4.02. The van der Waals surface area contributed by atoms with Gasteiger partial charge in [-0.05, 0) is 38.3 Å². The van der Waals surface area contributed by atoms with Gasteiger partial charge in [0.05, 0.1) is 0 Å². The lowest BCUT2D eigenvalue weighted by atomic mass is 10.2. The Hall–Kier alpha value is -0.370. The van der Waals surface area contributed by atoms with E-state index in [4.69, 9.17) is 0 Å². The second-order valence-corrected chi connectivity index (χ2v) is 3.46. The molecule has 1 aliphatic heterocycles. The van der Waals surface area contributed by atoms with E-state index < -0.39 is 0 Å². The molecule has 2 heteroatoms. The molecule has 1 N–H and O–H groups in total. The van der Waals surface area contributed by atoms with Gasteiger partial charge in [-0.3, -0.25) is 4.79 Å². The van der Waals surface area contributed by atoms with Crippen LogP contribution in [0, 0.1) is 17.8 Å². The zero-order valence-corrected chi connectivity index (χ0v) is 6.26. The van der Waals surface area contributed by atoms with E-state index in [9.17, 15) is 4.79 Å².